The molecule has 1 fully saturated rings. The maximum absolute atomic E-state index is 11.0. The molecule has 0 amide bonds. The molecule has 3 rings (SSSR count). The van der Waals surface area contributed by atoms with Crippen LogP contribution in [0.5, 0.6) is 5.75 Å². The molecule has 0 spiro atoms. The molecule has 0 saturated carbocycles. The Balaban J connectivity index is 1.85. The monoisotopic (exact) mass is 289 g/mol. The standard InChI is InChI=1S/C14H15N3O4/c18-17(19)13-1-2-14(12-8-15-4-3-11(12)13)21-9-10-7-16-5-6-20-10/h1-4,8,10,16H,5-7,9H2. The van der Waals surface area contributed by atoms with E-state index < -0.39 is 4.92 Å². The largest absolute Gasteiger partial charge is 0.490 e. The number of aromatic nitrogens is 1. The quantitative estimate of drug-likeness (QED) is 0.678. The van der Waals surface area contributed by atoms with E-state index in [4.69, 9.17) is 9.47 Å². The van der Waals surface area contributed by atoms with Crippen LogP contribution in [0.1, 0.15) is 0 Å². The maximum Gasteiger partial charge on any atom is 0.277 e. The van der Waals surface area contributed by atoms with E-state index in [0.717, 1.165) is 13.1 Å². The molecule has 1 aliphatic rings. The SMILES string of the molecule is O=[N+]([O-])c1ccc(OCC2CNCCO2)c2cnccc12. The molecule has 21 heavy (non-hydrogen) atoms. The number of nitro benzene ring substituents is 1. The molecule has 2 aromatic rings. The minimum atomic E-state index is -0.403. The van der Waals surface area contributed by atoms with Gasteiger partial charge in [0, 0.05) is 36.9 Å². The first-order valence-corrected chi connectivity index (χ1v) is 6.72. The van der Waals surface area contributed by atoms with Crippen molar-refractivity contribution in [3.8, 4) is 5.75 Å². The van der Waals surface area contributed by atoms with Crippen molar-refractivity contribution in [2.75, 3.05) is 26.3 Å². The van der Waals surface area contributed by atoms with Gasteiger partial charge in [0.1, 0.15) is 18.5 Å². The second-order valence-corrected chi connectivity index (χ2v) is 4.77. The number of hydrogen-bond donors (Lipinski definition) is 1. The van der Waals surface area contributed by atoms with E-state index >= 15 is 0 Å². The summed E-state index contributed by atoms with van der Waals surface area (Å²) in [4.78, 5) is 14.7. The summed E-state index contributed by atoms with van der Waals surface area (Å²) in [6.07, 6.45) is 3.10. The number of pyridine rings is 1. The van der Waals surface area contributed by atoms with Crippen LogP contribution in [0.3, 0.4) is 0 Å². The highest BCUT2D eigenvalue weighted by Gasteiger charge is 2.17. The zero-order valence-electron chi connectivity index (χ0n) is 11.3. The average molecular weight is 289 g/mol. The number of ether oxygens (including phenoxy) is 2. The fourth-order valence-corrected chi connectivity index (χ4v) is 2.34. The number of hydrogen-bond acceptors (Lipinski definition) is 6. The lowest BCUT2D eigenvalue weighted by Gasteiger charge is -2.23. The maximum atomic E-state index is 11.0. The molecule has 1 aromatic heterocycles. The molecule has 1 saturated heterocycles. The van der Waals surface area contributed by atoms with Crippen molar-refractivity contribution in [1.29, 1.82) is 0 Å². The molecule has 1 N–H and O–H groups in total. The first kappa shape index (κ1) is 13.7. The number of morpholine rings is 1. The summed E-state index contributed by atoms with van der Waals surface area (Å²) >= 11 is 0. The molecular weight excluding hydrogens is 274 g/mol. The Morgan fingerprint density at radius 1 is 1.43 bits per heavy atom. The highest BCUT2D eigenvalue weighted by atomic mass is 16.6. The molecule has 1 unspecified atom stereocenters. The Hall–Kier alpha value is -2.25. The molecule has 7 nitrogen and oxygen atoms in total. The molecule has 0 aliphatic carbocycles. The van der Waals surface area contributed by atoms with Gasteiger partial charge < -0.3 is 14.8 Å². The van der Waals surface area contributed by atoms with Gasteiger partial charge in [-0.3, -0.25) is 15.1 Å². The van der Waals surface area contributed by atoms with E-state index in [1.54, 1.807) is 18.3 Å². The summed E-state index contributed by atoms with van der Waals surface area (Å²) in [6, 6.07) is 4.69. The summed E-state index contributed by atoms with van der Waals surface area (Å²) in [7, 11) is 0. The number of fused-ring (bicyclic) bond motifs is 1. The summed E-state index contributed by atoms with van der Waals surface area (Å²) in [5, 5.41) is 15.4. The minimum absolute atomic E-state index is 0.0133. The Bertz CT molecular complexity index is 656. The lowest BCUT2D eigenvalue weighted by atomic mass is 10.1. The molecule has 2 heterocycles. The topological polar surface area (TPSA) is 86.5 Å². The van der Waals surface area contributed by atoms with Crippen molar-refractivity contribution in [3.63, 3.8) is 0 Å². The number of non-ortho nitro benzene ring substituents is 1. The van der Waals surface area contributed by atoms with Gasteiger partial charge in [-0.1, -0.05) is 0 Å². The van der Waals surface area contributed by atoms with Crippen LogP contribution >= 0.6 is 0 Å². The Morgan fingerprint density at radius 2 is 2.33 bits per heavy atom. The second kappa shape index (κ2) is 6.02. The predicted molar refractivity (Wildman–Crippen MR) is 76.5 cm³/mol. The van der Waals surface area contributed by atoms with Crippen LogP contribution in [0.15, 0.2) is 30.6 Å². The van der Waals surface area contributed by atoms with Crippen molar-refractivity contribution in [1.82, 2.24) is 10.3 Å². The van der Waals surface area contributed by atoms with Crippen molar-refractivity contribution < 1.29 is 14.4 Å². The zero-order chi connectivity index (χ0) is 14.7. The normalized spacial score (nSPS) is 18.6. The van der Waals surface area contributed by atoms with Crippen LogP contribution in [0.25, 0.3) is 10.8 Å². The highest BCUT2D eigenvalue weighted by Crippen LogP contribution is 2.32. The van der Waals surface area contributed by atoms with Gasteiger partial charge in [-0.05, 0) is 12.1 Å². The molecule has 110 valence electrons. The summed E-state index contributed by atoms with van der Waals surface area (Å²) in [5.74, 6) is 0.581. The van der Waals surface area contributed by atoms with Crippen LogP contribution in [-0.4, -0.2) is 42.3 Å². The summed E-state index contributed by atoms with van der Waals surface area (Å²) in [5.41, 5.74) is 0.0512. The summed E-state index contributed by atoms with van der Waals surface area (Å²) < 4.78 is 11.3. The van der Waals surface area contributed by atoms with Crippen molar-refractivity contribution >= 4 is 16.5 Å². The average Bonchev–Trinajstić information content (AvgIpc) is 2.53. The van der Waals surface area contributed by atoms with Gasteiger partial charge in [-0.2, -0.15) is 0 Å². The molecule has 1 aliphatic heterocycles. The number of nitrogens with one attached hydrogen (secondary N) is 1. The molecule has 1 aromatic carbocycles. The second-order valence-electron chi connectivity index (χ2n) is 4.77. The number of nitrogens with zero attached hydrogens (tertiary/aromatic N) is 2. The van der Waals surface area contributed by atoms with Crippen LogP contribution in [-0.2, 0) is 4.74 Å². The van der Waals surface area contributed by atoms with Crippen LogP contribution in [0.2, 0.25) is 0 Å². The first-order chi connectivity index (χ1) is 10.3. The Labute approximate surface area is 121 Å². The third kappa shape index (κ3) is 2.93. The molecule has 7 heteroatoms. The van der Waals surface area contributed by atoms with Gasteiger partial charge in [-0.25, -0.2) is 0 Å². The highest BCUT2D eigenvalue weighted by molar-refractivity contribution is 5.94. The van der Waals surface area contributed by atoms with E-state index in [9.17, 15) is 10.1 Å². The first-order valence-electron chi connectivity index (χ1n) is 6.72. The van der Waals surface area contributed by atoms with Crippen molar-refractivity contribution in [2.45, 2.75) is 6.10 Å². The minimum Gasteiger partial charge on any atom is -0.490 e. The molecule has 0 bridgehead atoms. The van der Waals surface area contributed by atoms with Crippen LogP contribution in [0.4, 0.5) is 5.69 Å². The predicted octanol–water partition coefficient (Wildman–Crippen LogP) is 1.51. The van der Waals surface area contributed by atoms with Gasteiger partial charge in [0.05, 0.1) is 16.9 Å². The number of nitro groups is 1. The van der Waals surface area contributed by atoms with Gasteiger partial charge in [0.25, 0.3) is 5.69 Å². The van der Waals surface area contributed by atoms with Crippen molar-refractivity contribution in [3.05, 3.63) is 40.7 Å². The van der Waals surface area contributed by atoms with Crippen LogP contribution < -0.4 is 10.1 Å². The summed E-state index contributed by atoms with van der Waals surface area (Å²) in [6.45, 7) is 2.65. The smallest absolute Gasteiger partial charge is 0.277 e. The Kier molecular flexibility index (Phi) is 3.94. The fraction of sp³-hybridized carbons (Fsp3) is 0.357. The molecule has 1 atom stereocenters. The van der Waals surface area contributed by atoms with Gasteiger partial charge >= 0.3 is 0 Å². The zero-order valence-corrected chi connectivity index (χ0v) is 11.3. The van der Waals surface area contributed by atoms with E-state index in [0.29, 0.717) is 29.7 Å². The number of benzene rings is 1. The number of rotatable bonds is 4. The molecule has 0 radical (unpaired) electrons. The lowest BCUT2D eigenvalue weighted by Crippen LogP contribution is -2.41. The fourth-order valence-electron chi connectivity index (χ4n) is 2.34. The van der Waals surface area contributed by atoms with E-state index in [1.165, 1.54) is 12.3 Å². The lowest BCUT2D eigenvalue weighted by molar-refractivity contribution is -0.383. The van der Waals surface area contributed by atoms with Gasteiger partial charge in [-0.15, -0.1) is 0 Å². The van der Waals surface area contributed by atoms with E-state index in [1.807, 2.05) is 0 Å². The van der Waals surface area contributed by atoms with Gasteiger partial charge in [0.15, 0.2) is 0 Å². The van der Waals surface area contributed by atoms with Crippen molar-refractivity contribution in [2.24, 2.45) is 0 Å². The Morgan fingerprint density at radius 3 is 3.10 bits per heavy atom. The van der Waals surface area contributed by atoms with Crippen LogP contribution in [0, 0.1) is 10.1 Å². The third-order valence-corrected chi connectivity index (χ3v) is 3.38. The van der Waals surface area contributed by atoms with E-state index in [2.05, 4.69) is 10.3 Å². The van der Waals surface area contributed by atoms with E-state index in [-0.39, 0.29) is 11.8 Å². The molecular formula is C14H15N3O4. The van der Waals surface area contributed by atoms with Gasteiger partial charge in [0.2, 0.25) is 0 Å². The third-order valence-electron chi connectivity index (χ3n) is 3.38.